The van der Waals surface area contributed by atoms with Crippen molar-refractivity contribution in [2.45, 2.75) is 18.7 Å². The number of hydrogen-bond donors (Lipinski definition) is 0. The smallest absolute Gasteiger partial charge is 0.180 e. The molecule has 0 saturated heterocycles. The Labute approximate surface area is 137 Å². The van der Waals surface area contributed by atoms with Gasteiger partial charge in [-0.05, 0) is 24.3 Å². The van der Waals surface area contributed by atoms with E-state index >= 15 is 0 Å². The molecule has 0 amide bonds. The first-order valence-corrected chi connectivity index (χ1v) is 8.65. The minimum absolute atomic E-state index is 0.195. The first-order valence-electron chi connectivity index (χ1n) is 7.50. The Morgan fingerprint density at radius 2 is 1.96 bits per heavy atom. The molecule has 6 heteroatoms. The fraction of sp³-hybridized carbons (Fsp3) is 0.235. The average molecular weight is 326 g/mol. The third kappa shape index (κ3) is 2.74. The Balaban J connectivity index is 1.79. The van der Waals surface area contributed by atoms with E-state index in [1.807, 2.05) is 22.5 Å². The maximum atomic E-state index is 14.0. The summed E-state index contributed by atoms with van der Waals surface area (Å²) < 4.78 is 15.9. The molecule has 1 aliphatic rings. The van der Waals surface area contributed by atoms with Crippen molar-refractivity contribution in [3.8, 4) is 11.5 Å². The van der Waals surface area contributed by atoms with Gasteiger partial charge in [0.15, 0.2) is 5.82 Å². The van der Waals surface area contributed by atoms with Gasteiger partial charge >= 0.3 is 0 Å². The number of halogens is 1. The van der Waals surface area contributed by atoms with Crippen LogP contribution >= 0.6 is 11.8 Å². The molecule has 0 atom stereocenters. The molecule has 116 valence electrons. The lowest BCUT2D eigenvalue weighted by molar-refractivity contribution is 0.576. The highest BCUT2D eigenvalue weighted by atomic mass is 32.2. The van der Waals surface area contributed by atoms with Gasteiger partial charge in [-0.1, -0.05) is 18.2 Å². The molecule has 1 aliphatic heterocycles. The van der Waals surface area contributed by atoms with Crippen molar-refractivity contribution >= 4 is 11.8 Å². The van der Waals surface area contributed by atoms with Crippen LogP contribution in [0, 0.1) is 5.82 Å². The second-order valence-corrected chi connectivity index (χ2v) is 6.50. The van der Waals surface area contributed by atoms with Crippen LogP contribution in [0.5, 0.6) is 0 Å². The Morgan fingerprint density at radius 3 is 2.78 bits per heavy atom. The van der Waals surface area contributed by atoms with Crippen molar-refractivity contribution in [3.05, 3.63) is 65.4 Å². The van der Waals surface area contributed by atoms with E-state index in [4.69, 9.17) is 5.10 Å². The first kappa shape index (κ1) is 14.4. The summed E-state index contributed by atoms with van der Waals surface area (Å²) in [6.45, 7) is 0.437. The standard InChI is InChI=1S/C17H15FN4S/c18-14-5-2-1-4-12(14)10-22-15-6-9-23-11-13(15)16(21-22)17-19-7-3-8-20-17/h1-5,7-8H,6,9-11H2. The van der Waals surface area contributed by atoms with Crippen molar-refractivity contribution < 1.29 is 4.39 Å². The minimum Gasteiger partial charge on any atom is -0.264 e. The van der Waals surface area contributed by atoms with Gasteiger partial charge in [0, 0.05) is 35.0 Å². The second-order valence-electron chi connectivity index (χ2n) is 5.40. The van der Waals surface area contributed by atoms with Gasteiger partial charge in [-0.15, -0.1) is 0 Å². The SMILES string of the molecule is Fc1ccccc1Cn1nc(-c2ncccn2)c2c1CCSC2. The summed E-state index contributed by atoms with van der Waals surface area (Å²) in [6, 6.07) is 8.64. The van der Waals surface area contributed by atoms with E-state index in [2.05, 4.69) is 9.97 Å². The van der Waals surface area contributed by atoms with Gasteiger partial charge in [-0.25, -0.2) is 14.4 Å². The number of fused-ring (bicyclic) bond motifs is 1. The molecular weight excluding hydrogens is 311 g/mol. The van der Waals surface area contributed by atoms with E-state index in [0.717, 1.165) is 23.6 Å². The fourth-order valence-electron chi connectivity index (χ4n) is 2.83. The number of aromatic nitrogens is 4. The Bertz CT molecular complexity index is 832. The van der Waals surface area contributed by atoms with Crippen LogP contribution in [0.15, 0.2) is 42.7 Å². The Hall–Kier alpha value is -2.21. The molecule has 0 N–H and O–H groups in total. The molecule has 0 unspecified atom stereocenters. The molecule has 0 bridgehead atoms. The summed E-state index contributed by atoms with van der Waals surface area (Å²) >= 11 is 1.89. The largest absolute Gasteiger partial charge is 0.264 e. The third-order valence-electron chi connectivity index (χ3n) is 3.95. The van der Waals surface area contributed by atoms with Crippen molar-refractivity contribution in [2.24, 2.45) is 0 Å². The van der Waals surface area contributed by atoms with Crippen LogP contribution in [0.3, 0.4) is 0 Å². The van der Waals surface area contributed by atoms with E-state index in [9.17, 15) is 4.39 Å². The van der Waals surface area contributed by atoms with Crippen LogP contribution in [-0.2, 0) is 18.7 Å². The number of rotatable bonds is 3. The van der Waals surface area contributed by atoms with Gasteiger partial charge in [0.25, 0.3) is 0 Å². The predicted octanol–water partition coefficient (Wildman–Crippen LogP) is 3.32. The normalized spacial score (nSPS) is 13.8. The third-order valence-corrected chi connectivity index (χ3v) is 4.94. The Kier molecular flexibility index (Phi) is 3.83. The van der Waals surface area contributed by atoms with Gasteiger partial charge in [-0.3, -0.25) is 4.68 Å². The van der Waals surface area contributed by atoms with Gasteiger partial charge in [-0.2, -0.15) is 16.9 Å². The van der Waals surface area contributed by atoms with Gasteiger partial charge < -0.3 is 0 Å². The quantitative estimate of drug-likeness (QED) is 0.740. The molecule has 1 aromatic carbocycles. The van der Waals surface area contributed by atoms with Gasteiger partial charge in [0.2, 0.25) is 0 Å². The van der Waals surface area contributed by atoms with Gasteiger partial charge in [0.05, 0.1) is 6.54 Å². The summed E-state index contributed by atoms with van der Waals surface area (Å²) in [5, 5.41) is 4.71. The second kappa shape index (κ2) is 6.12. The molecule has 23 heavy (non-hydrogen) atoms. The molecule has 0 aliphatic carbocycles. The number of hydrogen-bond acceptors (Lipinski definition) is 4. The summed E-state index contributed by atoms with van der Waals surface area (Å²) in [5.74, 6) is 2.41. The van der Waals surface area contributed by atoms with E-state index in [-0.39, 0.29) is 5.82 Å². The van der Waals surface area contributed by atoms with E-state index in [0.29, 0.717) is 17.9 Å². The highest BCUT2D eigenvalue weighted by Crippen LogP contribution is 2.32. The van der Waals surface area contributed by atoms with Crippen molar-refractivity contribution in [1.82, 2.24) is 19.7 Å². The molecule has 2 aromatic heterocycles. The minimum atomic E-state index is -0.195. The van der Waals surface area contributed by atoms with Crippen LogP contribution in [0.25, 0.3) is 11.5 Å². The topological polar surface area (TPSA) is 43.6 Å². The predicted molar refractivity (Wildman–Crippen MR) is 88.6 cm³/mol. The molecule has 4 rings (SSSR count). The van der Waals surface area contributed by atoms with Crippen LogP contribution in [0.4, 0.5) is 4.39 Å². The van der Waals surface area contributed by atoms with E-state index in [1.165, 1.54) is 17.3 Å². The number of thioether (sulfide) groups is 1. The Morgan fingerprint density at radius 1 is 1.13 bits per heavy atom. The van der Waals surface area contributed by atoms with E-state index < -0.39 is 0 Å². The first-order chi connectivity index (χ1) is 11.3. The summed E-state index contributed by atoms with van der Waals surface area (Å²) in [5.41, 5.74) is 3.83. The average Bonchev–Trinajstić information content (AvgIpc) is 2.97. The van der Waals surface area contributed by atoms with Crippen molar-refractivity contribution in [1.29, 1.82) is 0 Å². The maximum absolute atomic E-state index is 14.0. The highest BCUT2D eigenvalue weighted by molar-refractivity contribution is 7.98. The van der Waals surface area contributed by atoms with Crippen LogP contribution < -0.4 is 0 Å². The van der Waals surface area contributed by atoms with E-state index in [1.54, 1.807) is 30.6 Å². The summed E-state index contributed by atoms with van der Waals surface area (Å²) in [7, 11) is 0. The molecule has 3 heterocycles. The molecule has 0 fully saturated rings. The molecule has 0 radical (unpaired) electrons. The zero-order valence-corrected chi connectivity index (χ0v) is 13.3. The number of nitrogens with zero attached hydrogens (tertiary/aromatic N) is 4. The van der Waals surface area contributed by atoms with Crippen LogP contribution in [-0.4, -0.2) is 25.5 Å². The highest BCUT2D eigenvalue weighted by Gasteiger charge is 2.23. The van der Waals surface area contributed by atoms with Crippen molar-refractivity contribution in [2.75, 3.05) is 5.75 Å². The lowest BCUT2D eigenvalue weighted by Crippen LogP contribution is -2.11. The molecule has 0 saturated carbocycles. The number of benzene rings is 1. The maximum Gasteiger partial charge on any atom is 0.180 e. The van der Waals surface area contributed by atoms with Gasteiger partial charge in [0.1, 0.15) is 11.5 Å². The van der Waals surface area contributed by atoms with Crippen LogP contribution in [0.1, 0.15) is 16.8 Å². The lowest BCUT2D eigenvalue weighted by atomic mass is 10.1. The zero-order valence-electron chi connectivity index (χ0n) is 12.4. The molecular formula is C17H15FN4S. The fourth-order valence-corrected chi connectivity index (χ4v) is 3.82. The molecule has 0 spiro atoms. The lowest BCUT2D eigenvalue weighted by Gasteiger charge is -2.14. The van der Waals surface area contributed by atoms with Crippen molar-refractivity contribution in [3.63, 3.8) is 0 Å². The summed E-state index contributed by atoms with van der Waals surface area (Å²) in [4.78, 5) is 8.65. The monoisotopic (exact) mass is 326 g/mol. The van der Waals surface area contributed by atoms with Crippen LogP contribution in [0.2, 0.25) is 0 Å². The zero-order chi connectivity index (χ0) is 15.6. The molecule has 4 nitrogen and oxygen atoms in total. The molecule has 3 aromatic rings. The summed E-state index contributed by atoms with van der Waals surface area (Å²) in [6.07, 6.45) is 4.38.